The zero-order chi connectivity index (χ0) is 16.5. The molecular formula is C16H18FN3O2. The molecule has 0 atom stereocenters. The Morgan fingerprint density at radius 3 is 2.55 bits per heavy atom. The fourth-order valence-corrected chi connectivity index (χ4v) is 1.97. The monoisotopic (exact) mass is 303 g/mol. The van der Waals surface area contributed by atoms with Crippen molar-refractivity contribution in [3.8, 4) is 0 Å². The van der Waals surface area contributed by atoms with Crippen LogP contribution in [0.15, 0.2) is 29.1 Å². The van der Waals surface area contributed by atoms with Crippen molar-refractivity contribution in [2.45, 2.75) is 33.1 Å². The Morgan fingerprint density at radius 2 is 2.00 bits per heavy atom. The van der Waals surface area contributed by atoms with Gasteiger partial charge in [-0.3, -0.25) is 9.59 Å². The van der Waals surface area contributed by atoms with Gasteiger partial charge in [-0.2, -0.15) is 0 Å². The van der Waals surface area contributed by atoms with Gasteiger partial charge in [0, 0.05) is 11.1 Å². The Balaban J connectivity index is 2.37. The zero-order valence-electron chi connectivity index (χ0n) is 13.0. The van der Waals surface area contributed by atoms with E-state index in [9.17, 15) is 14.0 Å². The smallest absolute Gasteiger partial charge is 0.264 e. The average molecular weight is 303 g/mol. The highest BCUT2D eigenvalue weighted by Crippen LogP contribution is 2.18. The van der Waals surface area contributed by atoms with E-state index >= 15 is 0 Å². The van der Waals surface area contributed by atoms with Crippen molar-refractivity contribution in [1.82, 2.24) is 9.97 Å². The lowest BCUT2D eigenvalue weighted by atomic mass is 9.95. The van der Waals surface area contributed by atoms with Crippen molar-refractivity contribution < 1.29 is 9.18 Å². The third-order valence-electron chi connectivity index (χ3n) is 3.12. The minimum absolute atomic E-state index is 0.0720. The Bertz CT molecular complexity index is 776. The van der Waals surface area contributed by atoms with Crippen LogP contribution in [0.1, 0.15) is 42.6 Å². The summed E-state index contributed by atoms with van der Waals surface area (Å²) in [5.41, 5.74) is -0.295. The maximum Gasteiger partial charge on any atom is 0.264 e. The largest absolute Gasteiger partial charge is 0.322 e. The van der Waals surface area contributed by atoms with Crippen LogP contribution in [0.2, 0.25) is 0 Å². The fourth-order valence-electron chi connectivity index (χ4n) is 1.97. The van der Waals surface area contributed by atoms with Gasteiger partial charge in [0.1, 0.15) is 17.2 Å². The number of hydrogen-bond acceptors (Lipinski definition) is 3. The van der Waals surface area contributed by atoms with Crippen LogP contribution < -0.4 is 10.9 Å². The van der Waals surface area contributed by atoms with Crippen LogP contribution in [0.4, 0.5) is 10.1 Å². The molecule has 0 aliphatic carbocycles. The molecule has 116 valence electrons. The van der Waals surface area contributed by atoms with Crippen molar-refractivity contribution in [3.63, 3.8) is 0 Å². The number of hydrogen-bond donors (Lipinski definition) is 2. The summed E-state index contributed by atoms with van der Waals surface area (Å²) in [6.07, 6.45) is 0. The van der Waals surface area contributed by atoms with Gasteiger partial charge in [0.15, 0.2) is 0 Å². The van der Waals surface area contributed by atoms with Crippen LogP contribution in [0.3, 0.4) is 0 Å². The number of carbonyl (C=O) groups is 1. The molecule has 1 aromatic carbocycles. The maximum absolute atomic E-state index is 13.1. The lowest BCUT2D eigenvalue weighted by Crippen LogP contribution is -2.30. The lowest BCUT2D eigenvalue weighted by Gasteiger charge is -2.18. The molecule has 0 spiro atoms. The molecule has 2 aromatic rings. The topological polar surface area (TPSA) is 74.8 Å². The average Bonchev–Trinajstić information content (AvgIpc) is 2.36. The summed E-state index contributed by atoms with van der Waals surface area (Å²) in [5, 5.41) is 2.50. The molecule has 2 N–H and O–H groups in total. The number of amides is 1. The van der Waals surface area contributed by atoms with E-state index in [0.29, 0.717) is 11.5 Å². The Kier molecular flexibility index (Phi) is 4.12. The van der Waals surface area contributed by atoms with Crippen LogP contribution in [0.25, 0.3) is 0 Å². The van der Waals surface area contributed by atoms with Crippen LogP contribution in [0, 0.1) is 12.7 Å². The molecule has 5 nitrogen and oxygen atoms in total. The highest BCUT2D eigenvalue weighted by Gasteiger charge is 2.22. The van der Waals surface area contributed by atoms with E-state index in [1.54, 1.807) is 13.0 Å². The highest BCUT2D eigenvalue weighted by atomic mass is 19.1. The van der Waals surface area contributed by atoms with Crippen molar-refractivity contribution in [2.24, 2.45) is 0 Å². The molecule has 1 heterocycles. The molecule has 0 bridgehead atoms. The summed E-state index contributed by atoms with van der Waals surface area (Å²) in [7, 11) is 0. The normalized spacial score (nSPS) is 11.3. The number of aromatic amines is 1. The minimum atomic E-state index is -0.614. The number of aryl methyl sites for hydroxylation is 1. The summed E-state index contributed by atoms with van der Waals surface area (Å²) in [6.45, 7) is 7.34. The standard InChI is InChI=1S/C16H18FN3O2/c1-9-12(14(22)20-15(18-9)16(2,3)4)13(21)19-11-7-5-6-10(17)8-11/h5-8H,1-4H3,(H,19,21)(H,18,20,22). The molecule has 6 heteroatoms. The Morgan fingerprint density at radius 1 is 1.32 bits per heavy atom. The van der Waals surface area contributed by atoms with Gasteiger partial charge >= 0.3 is 0 Å². The fraction of sp³-hybridized carbons (Fsp3) is 0.312. The van der Waals surface area contributed by atoms with E-state index in [-0.39, 0.29) is 16.7 Å². The molecule has 2 rings (SSSR count). The summed E-state index contributed by atoms with van der Waals surface area (Å²) < 4.78 is 13.1. The van der Waals surface area contributed by atoms with Crippen molar-refractivity contribution in [1.29, 1.82) is 0 Å². The first-order valence-electron chi connectivity index (χ1n) is 6.87. The number of benzene rings is 1. The van der Waals surface area contributed by atoms with E-state index in [1.807, 2.05) is 20.8 Å². The van der Waals surface area contributed by atoms with Gasteiger partial charge in [0.05, 0.1) is 5.69 Å². The van der Waals surface area contributed by atoms with Crippen molar-refractivity contribution >= 4 is 11.6 Å². The molecule has 0 saturated carbocycles. The van der Waals surface area contributed by atoms with Gasteiger partial charge < -0.3 is 10.3 Å². The quantitative estimate of drug-likeness (QED) is 0.895. The summed E-state index contributed by atoms with van der Waals surface area (Å²) in [6, 6.07) is 5.47. The third-order valence-corrected chi connectivity index (χ3v) is 3.12. The number of nitrogens with one attached hydrogen (secondary N) is 2. The van der Waals surface area contributed by atoms with Crippen LogP contribution in [-0.4, -0.2) is 15.9 Å². The Hall–Kier alpha value is -2.50. The second-order valence-corrected chi connectivity index (χ2v) is 6.09. The van der Waals surface area contributed by atoms with E-state index in [2.05, 4.69) is 15.3 Å². The minimum Gasteiger partial charge on any atom is -0.322 e. The van der Waals surface area contributed by atoms with Gasteiger partial charge in [-0.05, 0) is 25.1 Å². The van der Waals surface area contributed by atoms with Crippen LogP contribution in [0.5, 0.6) is 0 Å². The number of carbonyl (C=O) groups excluding carboxylic acids is 1. The molecular weight excluding hydrogens is 285 g/mol. The van der Waals surface area contributed by atoms with Crippen molar-refractivity contribution in [2.75, 3.05) is 5.32 Å². The summed E-state index contributed by atoms with van der Waals surface area (Å²) in [4.78, 5) is 31.3. The molecule has 0 fully saturated rings. The number of nitrogens with zero attached hydrogens (tertiary/aromatic N) is 1. The number of halogens is 1. The van der Waals surface area contributed by atoms with Gasteiger partial charge in [-0.1, -0.05) is 26.8 Å². The number of rotatable bonds is 2. The molecule has 0 saturated heterocycles. The van der Waals surface area contributed by atoms with Crippen molar-refractivity contribution in [3.05, 3.63) is 57.5 Å². The molecule has 0 aliphatic rings. The van der Waals surface area contributed by atoms with Gasteiger partial charge in [-0.25, -0.2) is 9.37 Å². The lowest BCUT2D eigenvalue weighted by molar-refractivity contribution is 0.102. The Labute approximate surface area is 127 Å². The van der Waals surface area contributed by atoms with Gasteiger partial charge in [-0.15, -0.1) is 0 Å². The molecule has 0 unspecified atom stereocenters. The first-order chi connectivity index (χ1) is 10.2. The van der Waals surface area contributed by atoms with Gasteiger partial charge in [0.25, 0.3) is 11.5 Å². The maximum atomic E-state index is 13.1. The second kappa shape index (κ2) is 5.71. The molecule has 1 aromatic heterocycles. The summed E-state index contributed by atoms with van der Waals surface area (Å²) >= 11 is 0. The molecule has 22 heavy (non-hydrogen) atoms. The molecule has 1 amide bonds. The van der Waals surface area contributed by atoms with E-state index in [1.165, 1.54) is 18.2 Å². The first-order valence-corrected chi connectivity index (χ1v) is 6.87. The van der Waals surface area contributed by atoms with E-state index < -0.39 is 17.3 Å². The van der Waals surface area contributed by atoms with Crippen LogP contribution >= 0.6 is 0 Å². The van der Waals surface area contributed by atoms with E-state index in [0.717, 1.165) is 0 Å². The second-order valence-electron chi connectivity index (χ2n) is 6.09. The first kappa shape index (κ1) is 15.9. The molecule has 0 aliphatic heterocycles. The predicted octanol–water partition coefficient (Wildman–Crippen LogP) is 2.77. The third kappa shape index (κ3) is 3.39. The number of H-pyrrole nitrogens is 1. The highest BCUT2D eigenvalue weighted by molar-refractivity contribution is 6.04. The van der Waals surface area contributed by atoms with Crippen LogP contribution in [-0.2, 0) is 5.41 Å². The summed E-state index contributed by atoms with van der Waals surface area (Å²) in [5.74, 6) is -0.570. The van der Waals surface area contributed by atoms with E-state index in [4.69, 9.17) is 0 Å². The molecule has 0 radical (unpaired) electrons. The SMILES string of the molecule is Cc1nc(C(C)(C)C)[nH]c(=O)c1C(=O)Nc1cccc(F)c1. The number of aromatic nitrogens is 2. The number of anilines is 1. The predicted molar refractivity (Wildman–Crippen MR) is 82.6 cm³/mol. The zero-order valence-corrected chi connectivity index (χ0v) is 13.0. The van der Waals surface area contributed by atoms with Gasteiger partial charge in [0.2, 0.25) is 0 Å².